The largest absolute Gasteiger partial charge is 0.490 e. The molecule has 1 aliphatic heterocycles. The van der Waals surface area contributed by atoms with Crippen LogP contribution in [0.25, 0.3) is 0 Å². The molecule has 1 saturated heterocycles. The van der Waals surface area contributed by atoms with Crippen LogP contribution in [-0.2, 0) is 4.74 Å². The van der Waals surface area contributed by atoms with Crippen LogP contribution in [0.2, 0.25) is 0 Å². The molecule has 1 aromatic rings. The van der Waals surface area contributed by atoms with Crippen LogP contribution < -0.4 is 9.47 Å². The quantitative estimate of drug-likeness (QED) is 0.167. The molecular formula is C30H46F4O3. The zero-order chi connectivity index (χ0) is 26.7. The molecule has 2 fully saturated rings. The van der Waals surface area contributed by atoms with Gasteiger partial charge in [-0.05, 0) is 81.3 Å². The number of alkyl halides is 2. The normalized spacial score (nSPS) is 24.7. The van der Waals surface area contributed by atoms with E-state index < -0.39 is 29.9 Å². The average Bonchev–Trinajstić information content (AvgIpc) is 2.89. The first-order valence-electron chi connectivity index (χ1n) is 14.6. The van der Waals surface area contributed by atoms with Crippen molar-refractivity contribution in [1.82, 2.24) is 0 Å². The predicted octanol–water partition coefficient (Wildman–Crippen LogP) is 9.12. The molecule has 0 aromatic heterocycles. The summed E-state index contributed by atoms with van der Waals surface area (Å²) in [7, 11) is 0. The number of benzene rings is 1. The molecule has 37 heavy (non-hydrogen) atoms. The molecule has 0 spiro atoms. The van der Waals surface area contributed by atoms with E-state index >= 15 is 0 Å². The van der Waals surface area contributed by atoms with Gasteiger partial charge in [0, 0.05) is 13.0 Å². The Balaban J connectivity index is 1.37. The van der Waals surface area contributed by atoms with Gasteiger partial charge in [-0.2, -0.15) is 8.78 Å². The van der Waals surface area contributed by atoms with Gasteiger partial charge in [-0.15, -0.1) is 0 Å². The first-order valence-corrected chi connectivity index (χ1v) is 14.6. The lowest BCUT2D eigenvalue weighted by molar-refractivity contribution is -0.0781. The molecule has 212 valence electrons. The Bertz CT molecular complexity index is 787. The van der Waals surface area contributed by atoms with Crippen molar-refractivity contribution < 1.29 is 31.8 Å². The van der Waals surface area contributed by atoms with E-state index in [9.17, 15) is 17.6 Å². The third-order valence-corrected chi connectivity index (χ3v) is 8.08. The molecule has 1 saturated carbocycles. The second-order valence-electron chi connectivity index (χ2n) is 11.2. The Morgan fingerprint density at radius 2 is 1.46 bits per heavy atom. The topological polar surface area (TPSA) is 27.7 Å². The molecule has 1 aliphatic carbocycles. The van der Waals surface area contributed by atoms with Gasteiger partial charge in [-0.25, -0.2) is 8.78 Å². The summed E-state index contributed by atoms with van der Waals surface area (Å²) in [4.78, 5) is 0. The maximum atomic E-state index is 14.7. The van der Waals surface area contributed by atoms with Crippen LogP contribution in [0.5, 0.6) is 11.5 Å². The van der Waals surface area contributed by atoms with Crippen LogP contribution in [-0.4, -0.2) is 31.8 Å². The van der Waals surface area contributed by atoms with Gasteiger partial charge < -0.3 is 14.2 Å². The second kappa shape index (κ2) is 15.2. The van der Waals surface area contributed by atoms with Crippen molar-refractivity contribution in [2.75, 3.05) is 19.8 Å². The lowest BCUT2D eigenvalue weighted by Crippen LogP contribution is -2.35. The zero-order valence-corrected chi connectivity index (χ0v) is 22.7. The van der Waals surface area contributed by atoms with Crippen LogP contribution >= 0.6 is 0 Å². The minimum atomic E-state index is -3.11. The van der Waals surface area contributed by atoms with Crippen LogP contribution in [0, 0.1) is 29.4 Å². The van der Waals surface area contributed by atoms with E-state index in [1.54, 1.807) is 0 Å². The van der Waals surface area contributed by atoms with Crippen molar-refractivity contribution in [2.45, 2.75) is 116 Å². The first-order chi connectivity index (χ1) is 17.8. The van der Waals surface area contributed by atoms with E-state index in [4.69, 9.17) is 14.2 Å². The summed E-state index contributed by atoms with van der Waals surface area (Å²) in [5.74, 6) is -5.32. The zero-order valence-electron chi connectivity index (χ0n) is 22.7. The van der Waals surface area contributed by atoms with Gasteiger partial charge in [0.15, 0.2) is 18.1 Å². The number of halogens is 4. The summed E-state index contributed by atoms with van der Waals surface area (Å²) < 4.78 is 74.3. The van der Waals surface area contributed by atoms with Gasteiger partial charge in [0.1, 0.15) is 0 Å². The van der Waals surface area contributed by atoms with Gasteiger partial charge in [0.25, 0.3) is 5.92 Å². The van der Waals surface area contributed by atoms with Crippen molar-refractivity contribution in [3.63, 3.8) is 0 Å². The lowest BCUT2D eigenvalue weighted by Gasteiger charge is -2.38. The Morgan fingerprint density at radius 1 is 0.811 bits per heavy atom. The van der Waals surface area contributed by atoms with E-state index in [-0.39, 0.29) is 30.8 Å². The van der Waals surface area contributed by atoms with Crippen LogP contribution in [0.4, 0.5) is 17.6 Å². The third kappa shape index (κ3) is 9.63. The Hall–Kier alpha value is -1.50. The number of hydrogen-bond acceptors (Lipinski definition) is 3. The Kier molecular flexibility index (Phi) is 12.3. The molecule has 1 aromatic carbocycles. The number of ether oxygens (including phenoxy) is 3. The smallest absolute Gasteiger partial charge is 0.281 e. The van der Waals surface area contributed by atoms with Gasteiger partial charge in [-0.3, -0.25) is 0 Å². The molecule has 3 nitrogen and oxygen atoms in total. The summed E-state index contributed by atoms with van der Waals surface area (Å²) in [6.07, 6.45) is 13.6. The fourth-order valence-corrected chi connectivity index (χ4v) is 5.78. The number of unbranched alkanes of at least 4 members (excludes halogenated alkanes) is 4. The molecule has 0 radical (unpaired) electrons. The summed E-state index contributed by atoms with van der Waals surface area (Å²) in [6, 6.07) is 2.38. The van der Waals surface area contributed by atoms with E-state index in [0.717, 1.165) is 51.2 Å². The Morgan fingerprint density at radius 3 is 2.08 bits per heavy atom. The van der Waals surface area contributed by atoms with E-state index in [0.29, 0.717) is 18.3 Å². The molecule has 7 heteroatoms. The molecular weight excluding hydrogens is 484 g/mol. The van der Waals surface area contributed by atoms with Crippen molar-refractivity contribution in [3.8, 4) is 11.5 Å². The fourth-order valence-electron chi connectivity index (χ4n) is 5.78. The molecule has 2 aliphatic rings. The van der Waals surface area contributed by atoms with Crippen molar-refractivity contribution in [1.29, 1.82) is 0 Å². The van der Waals surface area contributed by atoms with E-state index in [1.165, 1.54) is 44.6 Å². The average molecular weight is 531 g/mol. The maximum absolute atomic E-state index is 14.7. The van der Waals surface area contributed by atoms with Gasteiger partial charge in [0.2, 0.25) is 11.6 Å². The second-order valence-corrected chi connectivity index (χ2v) is 11.2. The monoisotopic (exact) mass is 530 g/mol. The van der Waals surface area contributed by atoms with Crippen molar-refractivity contribution in [3.05, 3.63) is 23.8 Å². The molecule has 2 unspecified atom stereocenters. The van der Waals surface area contributed by atoms with Crippen LogP contribution in [0.3, 0.4) is 0 Å². The van der Waals surface area contributed by atoms with Gasteiger partial charge in [-0.1, -0.05) is 46.0 Å². The lowest BCUT2D eigenvalue weighted by atomic mass is 9.75. The Labute approximate surface area is 220 Å². The fraction of sp³-hybridized carbons (Fsp3) is 0.800. The minimum Gasteiger partial charge on any atom is -0.490 e. The molecule has 0 bridgehead atoms. The summed E-state index contributed by atoms with van der Waals surface area (Å²) in [6.45, 7) is 4.32. The molecule has 2 atom stereocenters. The minimum absolute atomic E-state index is 0.0966. The highest BCUT2D eigenvalue weighted by Crippen LogP contribution is 2.40. The molecule has 0 amide bonds. The summed E-state index contributed by atoms with van der Waals surface area (Å²) >= 11 is 0. The highest BCUT2D eigenvalue weighted by molar-refractivity contribution is 5.35. The third-order valence-electron chi connectivity index (χ3n) is 8.08. The van der Waals surface area contributed by atoms with Crippen LogP contribution in [0.15, 0.2) is 12.1 Å². The maximum Gasteiger partial charge on any atom is 0.281 e. The summed E-state index contributed by atoms with van der Waals surface area (Å²) in [5, 5.41) is 0. The summed E-state index contributed by atoms with van der Waals surface area (Å²) in [5.41, 5.74) is 0. The molecule has 0 N–H and O–H groups in total. The first kappa shape index (κ1) is 30.0. The number of rotatable bonds is 15. The highest BCUT2D eigenvalue weighted by Gasteiger charge is 2.38. The van der Waals surface area contributed by atoms with Crippen molar-refractivity contribution >= 4 is 0 Å². The highest BCUT2D eigenvalue weighted by atomic mass is 19.3. The van der Waals surface area contributed by atoms with Gasteiger partial charge in [0.05, 0.1) is 12.7 Å². The van der Waals surface area contributed by atoms with Crippen molar-refractivity contribution in [2.24, 2.45) is 17.8 Å². The predicted molar refractivity (Wildman–Crippen MR) is 138 cm³/mol. The molecule has 3 rings (SSSR count). The standard InChI is InChI=1S/C30H46F4O3/c1-3-5-7-8-9-23-12-15-25(36-20-23)24-13-10-22(11-14-24)19-30(33,34)21-37-27-17-16-26(28(31)29(27)32)35-18-6-4-2/h16-17,22-25H,3-15,18-21H2,1-2H3. The molecule has 1 heterocycles. The van der Waals surface area contributed by atoms with Crippen LogP contribution in [0.1, 0.15) is 104 Å². The number of hydrogen-bond donors (Lipinski definition) is 0. The van der Waals surface area contributed by atoms with Gasteiger partial charge >= 0.3 is 0 Å². The SMILES string of the molecule is CCCCCCC1CCC(C2CCC(CC(F)(F)COc3ccc(OCCCC)c(F)c3F)CC2)OC1. The van der Waals surface area contributed by atoms with E-state index in [1.807, 2.05) is 6.92 Å². The van der Waals surface area contributed by atoms with E-state index in [2.05, 4.69) is 6.92 Å².